The van der Waals surface area contributed by atoms with Crippen LogP contribution in [0.4, 0.5) is 0 Å². The maximum absolute atomic E-state index is 10.5. The lowest BCUT2D eigenvalue weighted by atomic mass is 9.99. The Hall–Kier alpha value is 0.370. The van der Waals surface area contributed by atoms with Crippen LogP contribution in [-0.4, -0.2) is 22.9 Å². The Kier molecular flexibility index (Phi) is 2.47. The Bertz CT molecular complexity index is 108. The van der Waals surface area contributed by atoms with E-state index in [1.54, 1.807) is 0 Å². The molecule has 1 rings (SSSR count). The Morgan fingerprint density at radius 1 is 1.44 bits per heavy atom. The summed E-state index contributed by atoms with van der Waals surface area (Å²) in [6, 6.07) is 0. The standard InChI is InChI=1S/C6H10OS2/c1-6(2-7)3-8-5-9-4-6/h2H,3-5H2,1H3. The van der Waals surface area contributed by atoms with Gasteiger partial charge in [-0.3, -0.25) is 0 Å². The van der Waals surface area contributed by atoms with Crippen LogP contribution in [0.1, 0.15) is 6.92 Å². The van der Waals surface area contributed by atoms with E-state index in [4.69, 9.17) is 0 Å². The second-order valence-electron chi connectivity index (χ2n) is 2.59. The Labute approximate surface area is 64.0 Å². The molecule has 1 saturated heterocycles. The van der Waals surface area contributed by atoms with Gasteiger partial charge in [-0.05, 0) is 0 Å². The zero-order valence-corrected chi connectivity index (χ0v) is 7.06. The van der Waals surface area contributed by atoms with Gasteiger partial charge in [0.25, 0.3) is 0 Å². The molecule has 0 aliphatic carbocycles. The zero-order chi connectivity index (χ0) is 6.74. The van der Waals surface area contributed by atoms with Gasteiger partial charge in [0.1, 0.15) is 6.29 Å². The summed E-state index contributed by atoms with van der Waals surface area (Å²) in [5, 5.41) is 1.16. The average molecular weight is 162 g/mol. The van der Waals surface area contributed by atoms with Crippen LogP contribution in [0.5, 0.6) is 0 Å². The molecule has 0 bridgehead atoms. The molecule has 52 valence electrons. The third-order valence-electron chi connectivity index (χ3n) is 1.31. The first-order valence-electron chi connectivity index (χ1n) is 2.89. The minimum atomic E-state index is -0.0341. The fraction of sp³-hybridized carbons (Fsp3) is 0.833. The van der Waals surface area contributed by atoms with Crippen molar-refractivity contribution >= 4 is 29.8 Å². The van der Waals surface area contributed by atoms with E-state index in [0.717, 1.165) is 22.9 Å². The molecule has 0 N–H and O–H groups in total. The molecule has 1 aliphatic rings. The predicted molar refractivity (Wildman–Crippen MR) is 44.0 cm³/mol. The normalized spacial score (nSPS) is 25.4. The van der Waals surface area contributed by atoms with Gasteiger partial charge in [-0.1, -0.05) is 6.92 Å². The van der Waals surface area contributed by atoms with Crippen molar-refractivity contribution in [1.29, 1.82) is 0 Å². The molecule has 0 radical (unpaired) electrons. The number of thioether (sulfide) groups is 2. The van der Waals surface area contributed by atoms with Gasteiger partial charge in [0.05, 0.1) is 0 Å². The van der Waals surface area contributed by atoms with Crippen LogP contribution >= 0.6 is 23.5 Å². The zero-order valence-electron chi connectivity index (χ0n) is 5.42. The SMILES string of the molecule is CC1(C=O)CSCSC1. The smallest absolute Gasteiger partial charge is 0.127 e. The van der Waals surface area contributed by atoms with E-state index in [1.807, 2.05) is 30.4 Å². The first-order valence-corrected chi connectivity index (χ1v) is 5.20. The van der Waals surface area contributed by atoms with Crippen molar-refractivity contribution < 1.29 is 4.79 Å². The molecule has 0 saturated carbocycles. The van der Waals surface area contributed by atoms with Gasteiger partial charge in [-0.25, -0.2) is 0 Å². The van der Waals surface area contributed by atoms with E-state index in [-0.39, 0.29) is 5.41 Å². The molecule has 1 fully saturated rings. The molecular weight excluding hydrogens is 152 g/mol. The summed E-state index contributed by atoms with van der Waals surface area (Å²) >= 11 is 3.72. The van der Waals surface area contributed by atoms with Crippen LogP contribution in [0.3, 0.4) is 0 Å². The number of aldehydes is 1. The summed E-state index contributed by atoms with van der Waals surface area (Å²) in [5.74, 6) is 2.01. The van der Waals surface area contributed by atoms with Gasteiger partial charge in [-0.15, -0.1) is 0 Å². The first-order chi connectivity index (χ1) is 4.27. The highest BCUT2D eigenvalue weighted by Crippen LogP contribution is 2.32. The molecular formula is C6H10OS2. The Morgan fingerprint density at radius 2 is 2.00 bits per heavy atom. The van der Waals surface area contributed by atoms with Crippen molar-refractivity contribution in [3.05, 3.63) is 0 Å². The van der Waals surface area contributed by atoms with Crippen LogP contribution in [-0.2, 0) is 4.79 Å². The fourth-order valence-corrected chi connectivity index (χ4v) is 3.26. The molecule has 1 nitrogen and oxygen atoms in total. The van der Waals surface area contributed by atoms with Gasteiger partial charge in [0.15, 0.2) is 0 Å². The van der Waals surface area contributed by atoms with E-state index in [1.165, 1.54) is 0 Å². The topological polar surface area (TPSA) is 17.1 Å². The van der Waals surface area contributed by atoms with Gasteiger partial charge >= 0.3 is 0 Å². The molecule has 0 aromatic rings. The number of carbonyl (C=O) groups is 1. The van der Waals surface area contributed by atoms with Crippen molar-refractivity contribution in [3.63, 3.8) is 0 Å². The quantitative estimate of drug-likeness (QED) is 0.545. The molecule has 0 aromatic heterocycles. The van der Waals surface area contributed by atoms with Crippen molar-refractivity contribution in [3.8, 4) is 0 Å². The van der Waals surface area contributed by atoms with Gasteiger partial charge in [0.2, 0.25) is 0 Å². The largest absolute Gasteiger partial charge is 0.303 e. The minimum Gasteiger partial charge on any atom is -0.303 e. The molecule has 0 spiro atoms. The summed E-state index contributed by atoms with van der Waals surface area (Å²) in [4.78, 5) is 10.5. The van der Waals surface area contributed by atoms with Crippen molar-refractivity contribution in [2.75, 3.05) is 16.6 Å². The van der Waals surface area contributed by atoms with E-state index < -0.39 is 0 Å². The molecule has 0 amide bonds. The summed E-state index contributed by atoms with van der Waals surface area (Å²) in [7, 11) is 0. The van der Waals surface area contributed by atoms with Crippen LogP contribution in [0.2, 0.25) is 0 Å². The van der Waals surface area contributed by atoms with E-state index in [9.17, 15) is 4.79 Å². The average Bonchev–Trinajstić information content (AvgIpc) is 1.90. The molecule has 0 atom stereocenters. The monoisotopic (exact) mass is 162 g/mol. The van der Waals surface area contributed by atoms with Gasteiger partial charge < -0.3 is 4.79 Å². The molecule has 3 heteroatoms. The summed E-state index contributed by atoms with van der Waals surface area (Å²) in [5.41, 5.74) is -0.0341. The van der Waals surface area contributed by atoms with Crippen LogP contribution in [0.25, 0.3) is 0 Å². The van der Waals surface area contributed by atoms with E-state index >= 15 is 0 Å². The minimum absolute atomic E-state index is 0.0341. The number of carbonyl (C=O) groups excluding carboxylic acids is 1. The van der Waals surface area contributed by atoms with Crippen LogP contribution in [0, 0.1) is 5.41 Å². The van der Waals surface area contributed by atoms with Crippen LogP contribution < -0.4 is 0 Å². The molecule has 0 unspecified atom stereocenters. The highest BCUT2D eigenvalue weighted by atomic mass is 32.2. The predicted octanol–water partition coefficient (Wildman–Crippen LogP) is 1.63. The molecule has 1 aliphatic heterocycles. The molecule has 0 aromatic carbocycles. The number of hydrogen-bond acceptors (Lipinski definition) is 3. The maximum atomic E-state index is 10.5. The highest BCUT2D eigenvalue weighted by molar-refractivity contribution is 8.16. The lowest BCUT2D eigenvalue weighted by molar-refractivity contribution is -0.113. The third kappa shape index (κ3) is 1.90. The first kappa shape index (κ1) is 7.48. The van der Waals surface area contributed by atoms with Crippen molar-refractivity contribution in [2.45, 2.75) is 6.92 Å². The third-order valence-corrected chi connectivity index (χ3v) is 4.38. The number of rotatable bonds is 1. The lowest BCUT2D eigenvalue weighted by Gasteiger charge is -2.26. The van der Waals surface area contributed by atoms with Gasteiger partial charge in [-0.2, -0.15) is 23.5 Å². The Morgan fingerprint density at radius 3 is 2.33 bits per heavy atom. The second kappa shape index (κ2) is 2.97. The van der Waals surface area contributed by atoms with Gasteiger partial charge in [0, 0.05) is 22.0 Å². The fourth-order valence-electron chi connectivity index (χ4n) is 0.718. The van der Waals surface area contributed by atoms with Crippen molar-refractivity contribution in [1.82, 2.24) is 0 Å². The molecule has 9 heavy (non-hydrogen) atoms. The Balaban J connectivity index is 2.46. The van der Waals surface area contributed by atoms with Crippen LogP contribution in [0.15, 0.2) is 0 Å². The van der Waals surface area contributed by atoms with E-state index in [0.29, 0.717) is 0 Å². The summed E-state index contributed by atoms with van der Waals surface area (Å²) in [6.45, 7) is 2.03. The maximum Gasteiger partial charge on any atom is 0.127 e. The highest BCUT2D eigenvalue weighted by Gasteiger charge is 2.26. The number of hydrogen-bond donors (Lipinski definition) is 0. The summed E-state index contributed by atoms with van der Waals surface area (Å²) in [6.07, 6.45) is 1.09. The van der Waals surface area contributed by atoms with Crippen molar-refractivity contribution in [2.24, 2.45) is 5.41 Å². The lowest BCUT2D eigenvalue weighted by Crippen LogP contribution is -2.27. The second-order valence-corrected chi connectivity index (χ2v) is 4.92. The molecule has 1 heterocycles. The van der Waals surface area contributed by atoms with E-state index in [2.05, 4.69) is 0 Å². The summed E-state index contributed by atoms with van der Waals surface area (Å²) < 4.78 is 0.